The summed E-state index contributed by atoms with van der Waals surface area (Å²) in [7, 11) is 0. The van der Waals surface area contributed by atoms with Crippen LogP contribution in [0.4, 0.5) is 10.7 Å². The van der Waals surface area contributed by atoms with Gasteiger partial charge in [0.15, 0.2) is 0 Å². The molecule has 1 aliphatic carbocycles. The van der Waals surface area contributed by atoms with Gasteiger partial charge in [0.25, 0.3) is 11.6 Å². The lowest BCUT2D eigenvalue weighted by Gasteiger charge is -2.12. The number of nitro groups is 1. The predicted octanol–water partition coefficient (Wildman–Crippen LogP) is 6.74. The molecule has 0 unspecified atom stereocenters. The molecule has 37 heavy (non-hydrogen) atoms. The number of rotatable bonds is 7. The first-order valence-electron chi connectivity index (χ1n) is 11.1. The Morgan fingerprint density at radius 3 is 2.59 bits per heavy atom. The zero-order valence-corrected chi connectivity index (χ0v) is 24.3. The number of amides is 1. The summed E-state index contributed by atoms with van der Waals surface area (Å²) in [4.78, 5) is 24.6. The second-order valence-electron chi connectivity index (χ2n) is 8.18. The van der Waals surface area contributed by atoms with E-state index in [1.807, 2.05) is 6.07 Å². The van der Waals surface area contributed by atoms with Crippen LogP contribution in [-0.4, -0.2) is 10.8 Å². The number of aryl methyl sites for hydroxylation is 1. The van der Waals surface area contributed by atoms with Gasteiger partial charge in [0.05, 0.1) is 17.6 Å². The fraction of sp³-hybridized carbons (Fsp3) is 0.192. The van der Waals surface area contributed by atoms with Gasteiger partial charge in [0.2, 0.25) is 0 Å². The molecule has 0 spiro atoms. The highest BCUT2D eigenvalue weighted by molar-refractivity contribution is 14.1. The summed E-state index contributed by atoms with van der Waals surface area (Å²) in [5.41, 5.74) is 2.75. The van der Waals surface area contributed by atoms with Crippen LogP contribution >= 0.6 is 56.5 Å². The highest BCUT2D eigenvalue weighted by Gasteiger charge is 2.23. The minimum absolute atomic E-state index is 0.00195. The molecule has 0 saturated heterocycles. The van der Waals surface area contributed by atoms with Crippen molar-refractivity contribution in [2.24, 2.45) is 0 Å². The number of halogens is 2. The zero-order valence-electron chi connectivity index (χ0n) is 19.2. The highest BCUT2D eigenvalue weighted by Crippen LogP contribution is 2.38. The van der Waals surface area contributed by atoms with Crippen molar-refractivity contribution in [2.45, 2.75) is 32.3 Å². The standard InChI is InChI=1S/C26H18I2N4O4S/c27-21-10-16(11-22(28)24(21)36-14-15-4-3-5-18(9-15)32(34)35)8-17(12-29)25(33)31-26-20(13-30)19-6-1-2-7-23(19)37-26/h3-5,8-11H,1-2,6-7,14H2,(H,31,33)/b17-8+. The number of nitriles is 2. The summed E-state index contributed by atoms with van der Waals surface area (Å²) < 4.78 is 7.46. The molecule has 0 fully saturated rings. The highest BCUT2D eigenvalue weighted by atomic mass is 127. The summed E-state index contributed by atoms with van der Waals surface area (Å²) >= 11 is 5.64. The molecule has 0 saturated carbocycles. The van der Waals surface area contributed by atoms with E-state index in [0.717, 1.165) is 43.3 Å². The first-order chi connectivity index (χ1) is 17.8. The molecule has 11 heteroatoms. The molecule has 2 aromatic carbocycles. The normalized spacial score (nSPS) is 12.7. The molecule has 0 atom stereocenters. The Morgan fingerprint density at radius 2 is 1.92 bits per heavy atom. The lowest BCUT2D eigenvalue weighted by Crippen LogP contribution is -2.13. The third-order valence-corrected chi connectivity index (χ3v) is 8.52. The second-order valence-corrected chi connectivity index (χ2v) is 11.6. The molecular formula is C26H18I2N4O4S. The van der Waals surface area contributed by atoms with Gasteiger partial charge in [0.1, 0.15) is 35.1 Å². The van der Waals surface area contributed by atoms with Crippen LogP contribution in [0.1, 0.15) is 40.0 Å². The van der Waals surface area contributed by atoms with E-state index < -0.39 is 10.8 Å². The van der Waals surface area contributed by atoms with Crippen molar-refractivity contribution in [2.75, 3.05) is 5.32 Å². The number of hydrogen-bond acceptors (Lipinski definition) is 7. The van der Waals surface area contributed by atoms with Gasteiger partial charge in [-0.1, -0.05) is 12.1 Å². The average Bonchev–Trinajstić information content (AvgIpc) is 3.23. The minimum atomic E-state index is -0.561. The molecule has 186 valence electrons. The third-order valence-electron chi connectivity index (χ3n) is 5.71. The first kappa shape index (κ1) is 27.0. The van der Waals surface area contributed by atoms with Crippen LogP contribution in [-0.2, 0) is 24.2 Å². The number of ether oxygens (including phenoxy) is 1. The van der Waals surface area contributed by atoms with Crippen LogP contribution in [0.15, 0.2) is 42.0 Å². The van der Waals surface area contributed by atoms with E-state index in [0.29, 0.717) is 27.4 Å². The Bertz CT molecular complexity index is 1490. The van der Waals surface area contributed by atoms with Gasteiger partial charge >= 0.3 is 0 Å². The molecule has 1 N–H and O–H groups in total. The molecular weight excluding hydrogens is 718 g/mol. The summed E-state index contributed by atoms with van der Waals surface area (Å²) in [6.45, 7) is 0.154. The fourth-order valence-corrected chi connectivity index (χ4v) is 7.34. The number of fused-ring (bicyclic) bond motifs is 1. The monoisotopic (exact) mass is 736 g/mol. The van der Waals surface area contributed by atoms with Crippen molar-refractivity contribution in [1.29, 1.82) is 10.5 Å². The van der Waals surface area contributed by atoms with Gasteiger partial charge in [-0.05, 0) is 106 Å². The van der Waals surface area contributed by atoms with Crippen LogP contribution in [0.5, 0.6) is 5.75 Å². The number of benzene rings is 2. The molecule has 3 aromatic rings. The molecule has 0 aliphatic heterocycles. The number of nitro benzene ring substituents is 1. The molecule has 4 rings (SSSR count). The molecule has 1 heterocycles. The van der Waals surface area contributed by atoms with Gasteiger partial charge in [-0.2, -0.15) is 10.5 Å². The lowest BCUT2D eigenvalue weighted by atomic mass is 9.96. The Morgan fingerprint density at radius 1 is 1.19 bits per heavy atom. The smallest absolute Gasteiger partial charge is 0.269 e. The third kappa shape index (κ3) is 6.29. The number of hydrogen-bond donors (Lipinski definition) is 1. The van der Waals surface area contributed by atoms with E-state index in [1.54, 1.807) is 24.3 Å². The first-order valence-corrected chi connectivity index (χ1v) is 14.1. The van der Waals surface area contributed by atoms with Gasteiger partial charge in [-0.15, -0.1) is 11.3 Å². The fourth-order valence-electron chi connectivity index (χ4n) is 3.97. The predicted molar refractivity (Wildman–Crippen MR) is 157 cm³/mol. The summed E-state index contributed by atoms with van der Waals surface area (Å²) in [5.74, 6) is 0.0456. The van der Waals surface area contributed by atoms with E-state index in [2.05, 4.69) is 56.6 Å². The van der Waals surface area contributed by atoms with Crippen LogP contribution in [0.2, 0.25) is 0 Å². The molecule has 0 radical (unpaired) electrons. The second kappa shape index (κ2) is 12.0. The van der Waals surface area contributed by atoms with E-state index >= 15 is 0 Å². The van der Waals surface area contributed by atoms with Crippen molar-refractivity contribution in [1.82, 2.24) is 0 Å². The molecule has 1 aromatic heterocycles. The zero-order chi connectivity index (χ0) is 26.5. The van der Waals surface area contributed by atoms with Gasteiger partial charge in [-0.25, -0.2) is 0 Å². The average molecular weight is 736 g/mol. The number of carbonyl (C=O) groups is 1. The SMILES string of the molecule is N#C/C(=C\c1cc(I)c(OCc2cccc([N+](=O)[O-])c2)c(I)c1)C(=O)Nc1sc2c(c1C#N)CCCC2. The van der Waals surface area contributed by atoms with Gasteiger partial charge < -0.3 is 10.1 Å². The van der Waals surface area contributed by atoms with Crippen molar-refractivity contribution in [3.05, 3.63) is 86.4 Å². The van der Waals surface area contributed by atoms with Crippen molar-refractivity contribution in [3.63, 3.8) is 0 Å². The Hall–Kier alpha value is -3.01. The summed E-state index contributed by atoms with van der Waals surface area (Å²) in [6, 6.07) is 14.0. The molecule has 0 bridgehead atoms. The number of nitrogens with one attached hydrogen (secondary N) is 1. The van der Waals surface area contributed by atoms with E-state index in [9.17, 15) is 25.4 Å². The van der Waals surface area contributed by atoms with Crippen molar-refractivity contribution < 1.29 is 14.5 Å². The van der Waals surface area contributed by atoms with Crippen molar-refractivity contribution in [3.8, 4) is 17.9 Å². The van der Waals surface area contributed by atoms with Crippen molar-refractivity contribution >= 4 is 79.2 Å². The number of nitrogens with zero attached hydrogens (tertiary/aromatic N) is 3. The lowest BCUT2D eigenvalue weighted by molar-refractivity contribution is -0.384. The number of thiophene rings is 1. The van der Waals surface area contributed by atoms with Crippen LogP contribution in [0.3, 0.4) is 0 Å². The molecule has 1 amide bonds. The minimum Gasteiger partial charge on any atom is -0.487 e. The van der Waals surface area contributed by atoms with Crippen LogP contribution < -0.4 is 10.1 Å². The van der Waals surface area contributed by atoms with E-state index in [-0.39, 0.29) is 17.9 Å². The van der Waals surface area contributed by atoms with Gasteiger partial charge in [-0.3, -0.25) is 14.9 Å². The number of non-ortho nitro benzene ring substituents is 1. The maximum atomic E-state index is 12.9. The topological polar surface area (TPSA) is 129 Å². The number of anilines is 1. The Kier molecular flexibility index (Phi) is 8.79. The number of carbonyl (C=O) groups excluding carboxylic acids is 1. The van der Waals surface area contributed by atoms with Crippen LogP contribution in [0.25, 0.3) is 6.08 Å². The Labute approximate surface area is 244 Å². The largest absolute Gasteiger partial charge is 0.487 e. The Balaban J connectivity index is 1.52. The molecule has 8 nitrogen and oxygen atoms in total. The summed E-state index contributed by atoms with van der Waals surface area (Å²) in [6.07, 6.45) is 5.33. The quantitative estimate of drug-likeness (QED) is 0.0941. The molecule has 1 aliphatic rings. The van der Waals surface area contributed by atoms with Crippen LogP contribution in [0, 0.1) is 39.9 Å². The summed E-state index contributed by atoms with van der Waals surface area (Å²) in [5, 5.41) is 33.6. The van der Waals surface area contributed by atoms with E-state index in [1.165, 1.54) is 29.5 Å². The maximum absolute atomic E-state index is 12.9. The van der Waals surface area contributed by atoms with Gasteiger partial charge in [0, 0.05) is 17.0 Å². The maximum Gasteiger partial charge on any atom is 0.269 e. The van der Waals surface area contributed by atoms with E-state index in [4.69, 9.17) is 4.74 Å².